The van der Waals surface area contributed by atoms with Gasteiger partial charge in [0.2, 0.25) is 0 Å². The number of hydrogen-bond acceptors (Lipinski definition) is 2. The predicted octanol–water partition coefficient (Wildman–Crippen LogP) is 6.37. The highest BCUT2D eigenvalue weighted by Gasteiger charge is 2.30. The van der Waals surface area contributed by atoms with Gasteiger partial charge in [0.25, 0.3) is 0 Å². The molecule has 2 nitrogen and oxygen atoms in total. The molecule has 0 N–H and O–H groups in total. The van der Waals surface area contributed by atoms with E-state index in [2.05, 4.69) is 30.7 Å². The topological polar surface area (TPSA) is 24.7 Å². The van der Waals surface area contributed by atoms with Crippen molar-refractivity contribution >= 4 is 28.9 Å². The molecule has 0 aliphatic heterocycles. The van der Waals surface area contributed by atoms with Crippen molar-refractivity contribution in [3.05, 3.63) is 41.9 Å². The molecule has 0 spiro atoms. The molecule has 0 aliphatic rings. The number of rotatable bonds is 7. The zero-order valence-electron chi connectivity index (χ0n) is 11.4. The maximum Gasteiger partial charge on any atom is 0.157 e. The van der Waals surface area contributed by atoms with Gasteiger partial charge in [-0.3, -0.25) is 0 Å². The summed E-state index contributed by atoms with van der Waals surface area (Å²) < 4.78 is 0. The summed E-state index contributed by atoms with van der Waals surface area (Å²) in [5, 5.41) is 9.25. The Balaban J connectivity index is 2.76. The molecule has 1 rings (SSSR count). The third-order valence-electron chi connectivity index (χ3n) is 2.98. The van der Waals surface area contributed by atoms with E-state index in [0.717, 1.165) is 24.9 Å². The van der Waals surface area contributed by atoms with Crippen LogP contribution in [0.25, 0.3) is 0 Å². The van der Waals surface area contributed by atoms with Crippen LogP contribution in [0.1, 0.15) is 33.1 Å². The second-order valence-corrected chi connectivity index (χ2v) is 5.92. The second kappa shape index (κ2) is 7.66. The lowest BCUT2D eigenvalue weighted by molar-refractivity contribution is 0.389. The Labute approximate surface area is 125 Å². The lowest BCUT2D eigenvalue weighted by Gasteiger charge is -2.25. The highest BCUT2D eigenvalue weighted by molar-refractivity contribution is 6.30. The van der Waals surface area contributed by atoms with Crippen molar-refractivity contribution in [2.24, 2.45) is 16.1 Å². The SMILES string of the molecule is C=CCCCC(Cl)(N=Nc1ccc(Cl)cc1)C(C)C. The number of nitrogens with zero attached hydrogens (tertiary/aromatic N) is 2. The molecule has 0 aliphatic carbocycles. The van der Waals surface area contributed by atoms with E-state index in [1.54, 1.807) is 12.1 Å². The standard InChI is InChI=1S/C15H20Cl2N2/c1-4-5-6-11-15(17,12(2)3)19-18-14-9-7-13(16)8-10-14/h4,7-10,12H,1,5-6,11H2,2-3H3. The lowest BCUT2D eigenvalue weighted by Crippen LogP contribution is -2.25. The molecule has 19 heavy (non-hydrogen) atoms. The first-order valence-corrected chi connectivity index (χ1v) is 7.22. The van der Waals surface area contributed by atoms with E-state index in [4.69, 9.17) is 23.2 Å². The fourth-order valence-corrected chi connectivity index (χ4v) is 1.89. The average Bonchev–Trinajstić information content (AvgIpc) is 2.38. The Bertz CT molecular complexity index is 426. The van der Waals surface area contributed by atoms with Gasteiger partial charge in [-0.05, 0) is 49.4 Å². The highest BCUT2D eigenvalue weighted by atomic mass is 35.5. The molecular formula is C15H20Cl2N2. The van der Waals surface area contributed by atoms with Gasteiger partial charge in [0.1, 0.15) is 0 Å². The molecule has 0 amide bonds. The summed E-state index contributed by atoms with van der Waals surface area (Å²) in [5.74, 6) is 0.218. The van der Waals surface area contributed by atoms with Crippen LogP contribution in [-0.4, -0.2) is 5.00 Å². The summed E-state index contributed by atoms with van der Waals surface area (Å²) in [5.41, 5.74) is 0.763. The van der Waals surface area contributed by atoms with E-state index in [9.17, 15) is 0 Å². The molecule has 0 heterocycles. The van der Waals surface area contributed by atoms with Crippen LogP contribution in [0.5, 0.6) is 0 Å². The molecule has 0 fully saturated rings. The number of azo groups is 1. The number of benzene rings is 1. The van der Waals surface area contributed by atoms with Gasteiger partial charge >= 0.3 is 0 Å². The Kier molecular flexibility index (Phi) is 6.53. The minimum absolute atomic E-state index is 0.218. The number of unbranched alkanes of at least 4 members (excludes halogenated alkanes) is 1. The number of halogens is 2. The second-order valence-electron chi connectivity index (χ2n) is 4.83. The molecule has 4 heteroatoms. The summed E-state index contributed by atoms with van der Waals surface area (Å²) in [4.78, 5) is -0.650. The summed E-state index contributed by atoms with van der Waals surface area (Å²) >= 11 is 12.4. The van der Waals surface area contributed by atoms with Crippen LogP contribution >= 0.6 is 23.2 Å². The van der Waals surface area contributed by atoms with Gasteiger partial charge in [-0.25, -0.2) is 0 Å². The first-order valence-electron chi connectivity index (χ1n) is 6.46. The van der Waals surface area contributed by atoms with E-state index < -0.39 is 5.00 Å². The Morgan fingerprint density at radius 3 is 2.47 bits per heavy atom. The van der Waals surface area contributed by atoms with Crippen LogP contribution in [0.2, 0.25) is 5.02 Å². The van der Waals surface area contributed by atoms with Crippen LogP contribution in [-0.2, 0) is 0 Å². The molecule has 1 atom stereocenters. The fraction of sp³-hybridized carbons (Fsp3) is 0.467. The van der Waals surface area contributed by atoms with E-state index in [-0.39, 0.29) is 5.92 Å². The minimum Gasteiger partial charge on any atom is -0.165 e. The molecule has 0 radical (unpaired) electrons. The first-order chi connectivity index (χ1) is 8.98. The number of hydrogen-bond donors (Lipinski definition) is 0. The largest absolute Gasteiger partial charge is 0.165 e. The summed E-state index contributed by atoms with van der Waals surface area (Å²) in [6.45, 7) is 7.83. The molecule has 0 saturated heterocycles. The maximum atomic E-state index is 6.57. The third-order valence-corrected chi connectivity index (χ3v) is 3.93. The van der Waals surface area contributed by atoms with Crippen molar-refractivity contribution in [1.29, 1.82) is 0 Å². The van der Waals surface area contributed by atoms with Crippen LogP contribution in [0.15, 0.2) is 47.1 Å². The van der Waals surface area contributed by atoms with Crippen molar-refractivity contribution in [3.63, 3.8) is 0 Å². The molecule has 0 saturated carbocycles. The van der Waals surface area contributed by atoms with Crippen molar-refractivity contribution in [1.82, 2.24) is 0 Å². The third kappa shape index (κ3) is 5.33. The first kappa shape index (κ1) is 16.2. The Hall–Kier alpha value is -0.860. The molecule has 1 aromatic carbocycles. The highest BCUT2D eigenvalue weighted by Crippen LogP contribution is 2.34. The average molecular weight is 299 g/mol. The lowest BCUT2D eigenvalue weighted by atomic mass is 9.98. The molecule has 1 aromatic rings. The fourth-order valence-electron chi connectivity index (χ4n) is 1.60. The summed E-state index contributed by atoms with van der Waals surface area (Å²) in [6.07, 6.45) is 4.59. The summed E-state index contributed by atoms with van der Waals surface area (Å²) in [7, 11) is 0. The van der Waals surface area contributed by atoms with Crippen LogP contribution in [0.3, 0.4) is 0 Å². The van der Waals surface area contributed by atoms with Crippen LogP contribution in [0.4, 0.5) is 5.69 Å². The van der Waals surface area contributed by atoms with E-state index in [1.807, 2.05) is 18.2 Å². The van der Waals surface area contributed by atoms with Gasteiger partial charge in [0, 0.05) is 5.02 Å². The van der Waals surface area contributed by atoms with E-state index in [1.165, 1.54) is 0 Å². The van der Waals surface area contributed by atoms with Crippen molar-refractivity contribution in [2.75, 3.05) is 0 Å². The van der Waals surface area contributed by atoms with Crippen molar-refractivity contribution in [2.45, 2.75) is 38.1 Å². The zero-order valence-corrected chi connectivity index (χ0v) is 13.0. The molecule has 0 bridgehead atoms. The molecular weight excluding hydrogens is 279 g/mol. The van der Waals surface area contributed by atoms with Gasteiger partial charge in [-0.1, -0.05) is 43.1 Å². The van der Waals surface area contributed by atoms with Gasteiger partial charge < -0.3 is 0 Å². The quantitative estimate of drug-likeness (QED) is 0.184. The van der Waals surface area contributed by atoms with Gasteiger partial charge in [-0.15, -0.1) is 6.58 Å². The zero-order chi connectivity index (χ0) is 14.3. The monoisotopic (exact) mass is 298 g/mol. The van der Waals surface area contributed by atoms with Gasteiger partial charge in [0.05, 0.1) is 5.69 Å². The van der Waals surface area contributed by atoms with E-state index in [0.29, 0.717) is 5.02 Å². The van der Waals surface area contributed by atoms with Gasteiger partial charge in [-0.2, -0.15) is 10.2 Å². The molecule has 1 unspecified atom stereocenters. The Morgan fingerprint density at radius 1 is 1.32 bits per heavy atom. The number of alkyl halides is 1. The van der Waals surface area contributed by atoms with Crippen LogP contribution in [0, 0.1) is 5.92 Å². The molecule has 0 aromatic heterocycles. The normalized spacial score (nSPS) is 14.8. The predicted molar refractivity (Wildman–Crippen MR) is 83.4 cm³/mol. The Morgan fingerprint density at radius 2 is 1.95 bits per heavy atom. The van der Waals surface area contributed by atoms with Crippen molar-refractivity contribution in [3.8, 4) is 0 Å². The maximum absolute atomic E-state index is 6.57. The van der Waals surface area contributed by atoms with Gasteiger partial charge in [0.15, 0.2) is 5.00 Å². The minimum atomic E-state index is -0.650. The number of allylic oxidation sites excluding steroid dienone is 1. The smallest absolute Gasteiger partial charge is 0.157 e. The molecule has 104 valence electrons. The van der Waals surface area contributed by atoms with Crippen LogP contribution < -0.4 is 0 Å². The van der Waals surface area contributed by atoms with E-state index >= 15 is 0 Å². The van der Waals surface area contributed by atoms with Crippen molar-refractivity contribution < 1.29 is 0 Å². The summed E-state index contributed by atoms with van der Waals surface area (Å²) in [6, 6.07) is 7.23.